The van der Waals surface area contributed by atoms with Crippen molar-refractivity contribution in [2.75, 3.05) is 6.61 Å². The highest BCUT2D eigenvalue weighted by atomic mass is 16.5. The molecule has 4 heteroatoms. The van der Waals surface area contributed by atoms with E-state index in [0.717, 1.165) is 0 Å². The Balaban J connectivity index is 2.70. The Bertz CT molecular complexity index is 175. The molecular weight excluding hydrogens is 136 g/mol. The van der Waals surface area contributed by atoms with Crippen LogP contribution in [0.1, 0.15) is 6.92 Å². The number of ether oxygens (including phenoxy) is 1. The molecule has 2 atom stereocenters. The lowest BCUT2D eigenvalue weighted by Gasteiger charge is -2.21. The molecule has 0 aromatic rings. The molecule has 1 heterocycles. The van der Waals surface area contributed by atoms with Gasteiger partial charge in [-0.1, -0.05) is 0 Å². The first-order valence-electron chi connectivity index (χ1n) is 2.99. The second-order valence-corrected chi connectivity index (χ2v) is 2.25. The highest BCUT2D eigenvalue weighted by Crippen LogP contribution is 2.06. The third kappa shape index (κ3) is 1.08. The van der Waals surface area contributed by atoms with Crippen LogP contribution in [0.25, 0.3) is 0 Å². The van der Waals surface area contributed by atoms with E-state index in [1.165, 1.54) is 0 Å². The molecule has 0 spiro atoms. The SMILES string of the molecule is CC1OCC(=O)C(=O)C1O. The molecule has 1 saturated heterocycles. The Morgan fingerprint density at radius 1 is 1.60 bits per heavy atom. The van der Waals surface area contributed by atoms with Gasteiger partial charge in [-0.15, -0.1) is 0 Å². The molecule has 1 aliphatic rings. The van der Waals surface area contributed by atoms with Crippen LogP contribution in [0.3, 0.4) is 0 Å². The first-order chi connectivity index (χ1) is 4.63. The van der Waals surface area contributed by atoms with Gasteiger partial charge in [-0.25, -0.2) is 0 Å². The van der Waals surface area contributed by atoms with Crippen molar-refractivity contribution in [2.24, 2.45) is 0 Å². The van der Waals surface area contributed by atoms with Gasteiger partial charge < -0.3 is 9.84 Å². The number of aliphatic hydroxyl groups excluding tert-OH is 1. The Morgan fingerprint density at radius 2 is 2.20 bits per heavy atom. The summed E-state index contributed by atoms with van der Waals surface area (Å²) in [5.41, 5.74) is 0. The van der Waals surface area contributed by atoms with Crippen LogP contribution in [-0.4, -0.2) is 35.5 Å². The lowest BCUT2D eigenvalue weighted by molar-refractivity contribution is -0.158. The smallest absolute Gasteiger partial charge is 0.231 e. The van der Waals surface area contributed by atoms with E-state index in [1.54, 1.807) is 6.92 Å². The molecule has 56 valence electrons. The number of carbonyl (C=O) groups excluding carboxylic acids is 2. The van der Waals surface area contributed by atoms with Gasteiger partial charge in [0.05, 0.1) is 6.10 Å². The Kier molecular flexibility index (Phi) is 1.82. The van der Waals surface area contributed by atoms with E-state index in [0.29, 0.717) is 0 Å². The maximum absolute atomic E-state index is 10.7. The van der Waals surface area contributed by atoms with Crippen molar-refractivity contribution in [1.29, 1.82) is 0 Å². The minimum Gasteiger partial charge on any atom is -0.382 e. The third-order valence-corrected chi connectivity index (χ3v) is 1.47. The molecule has 0 saturated carbocycles. The number of Topliss-reactive ketones (excluding diaryl/α,β-unsaturated/α-hetero) is 2. The first kappa shape index (κ1) is 7.37. The van der Waals surface area contributed by atoms with Crippen molar-refractivity contribution in [3.8, 4) is 0 Å². The van der Waals surface area contributed by atoms with Gasteiger partial charge in [0.2, 0.25) is 11.6 Å². The van der Waals surface area contributed by atoms with Crippen molar-refractivity contribution in [3.63, 3.8) is 0 Å². The highest BCUT2D eigenvalue weighted by molar-refractivity contribution is 6.40. The Hall–Kier alpha value is -0.740. The van der Waals surface area contributed by atoms with Gasteiger partial charge in [-0.2, -0.15) is 0 Å². The monoisotopic (exact) mass is 144 g/mol. The largest absolute Gasteiger partial charge is 0.382 e. The summed E-state index contributed by atoms with van der Waals surface area (Å²) in [7, 11) is 0. The third-order valence-electron chi connectivity index (χ3n) is 1.47. The zero-order valence-corrected chi connectivity index (χ0v) is 5.53. The molecule has 0 bridgehead atoms. The maximum atomic E-state index is 10.7. The average Bonchev–Trinajstić information content (AvgIpc) is 1.93. The van der Waals surface area contributed by atoms with E-state index in [4.69, 9.17) is 9.84 Å². The van der Waals surface area contributed by atoms with Crippen LogP contribution in [0.5, 0.6) is 0 Å². The lowest BCUT2D eigenvalue weighted by Crippen LogP contribution is -2.45. The molecule has 2 unspecified atom stereocenters. The molecular formula is C6H8O4. The predicted molar refractivity (Wildman–Crippen MR) is 31.4 cm³/mol. The summed E-state index contributed by atoms with van der Waals surface area (Å²) in [5, 5.41) is 8.92. The van der Waals surface area contributed by atoms with Gasteiger partial charge in [0.25, 0.3) is 0 Å². The van der Waals surface area contributed by atoms with Gasteiger partial charge in [0.1, 0.15) is 12.7 Å². The maximum Gasteiger partial charge on any atom is 0.231 e. The topological polar surface area (TPSA) is 63.6 Å². The summed E-state index contributed by atoms with van der Waals surface area (Å²) >= 11 is 0. The molecule has 0 radical (unpaired) electrons. The standard InChI is InChI=1S/C6H8O4/c1-3-5(8)6(9)4(7)2-10-3/h3,5,8H,2H2,1H3. The van der Waals surface area contributed by atoms with Crippen molar-refractivity contribution < 1.29 is 19.4 Å². The van der Waals surface area contributed by atoms with Crippen LogP contribution in [0.2, 0.25) is 0 Å². The highest BCUT2D eigenvalue weighted by Gasteiger charge is 2.33. The van der Waals surface area contributed by atoms with Crippen LogP contribution >= 0.6 is 0 Å². The number of rotatable bonds is 0. The number of carbonyl (C=O) groups is 2. The van der Waals surface area contributed by atoms with Gasteiger partial charge in [-0.05, 0) is 6.92 Å². The molecule has 1 N–H and O–H groups in total. The second kappa shape index (κ2) is 2.48. The molecule has 1 rings (SSSR count). The van der Waals surface area contributed by atoms with E-state index in [2.05, 4.69) is 0 Å². The molecule has 1 aliphatic heterocycles. The van der Waals surface area contributed by atoms with Crippen LogP contribution in [0.4, 0.5) is 0 Å². The fourth-order valence-electron chi connectivity index (χ4n) is 0.748. The van der Waals surface area contributed by atoms with Gasteiger partial charge in [0, 0.05) is 0 Å². The Labute approximate surface area is 57.8 Å². The summed E-state index contributed by atoms with van der Waals surface area (Å²) in [4.78, 5) is 21.2. The van der Waals surface area contributed by atoms with Crippen molar-refractivity contribution >= 4 is 11.6 Å². The summed E-state index contributed by atoms with van der Waals surface area (Å²) in [6.07, 6.45) is -1.81. The minimum atomic E-state index is -1.26. The molecule has 10 heavy (non-hydrogen) atoms. The van der Waals surface area contributed by atoms with Crippen LogP contribution in [0, 0.1) is 0 Å². The predicted octanol–water partition coefficient (Wildman–Crippen LogP) is -1.10. The number of aliphatic hydroxyl groups is 1. The molecule has 1 fully saturated rings. The quantitative estimate of drug-likeness (QED) is 0.438. The van der Waals surface area contributed by atoms with Gasteiger partial charge >= 0.3 is 0 Å². The van der Waals surface area contributed by atoms with E-state index in [1.807, 2.05) is 0 Å². The van der Waals surface area contributed by atoms with Crippen molar-refractivity contribution in [2.45, 2.75) is 19.1 Å². The van der Waals surface area contributed by atoms with Crippen LogP contribution < -0.4 is 0 Å². The number of hydrogen-bond acceptors (Lipinski definition) is 4. The van der Waals surface area contributed by atoms with E-state index < -0.39 is 23.8 Å². The minimum absolute atomic E-state index is 0.197. The fraction of sp³-hybridized carbons (Fsp3) is 0.667. The second-order valence-electron chi connectivity index (χ2n) is 2.25. The van der Waals surface area contributed by atoms with Gasteiger partial charge in [0.15, 0.2) is 0 Å². The summed E-state index contributed by atoms with van der Waals surface area (Å²) in [6, 6.07) is 0. The summed E-state index contributed by atoms with van der Waals surface area (Å²) < 4.78 is 4.75. The summed E-state index contributed by atoms with van der Waals surface area (Å²) in [5.74, 6) is -1.38. The van der Waals surface area contributed by atoms with Crippen molar-refractivity contribution in [1.82, 2.24) is 0 Å². The van der Waals surface area contributed by atoms with Crippen LogP contribution in [-0.2, 0) is 14.3 Å². The number of hydrogen-bond donors (Lipinski definition) is 1. The summed E-state index contributed by atoms with van der Waals surface area (Å²) in [6.45, 7) is 1.35. The average molecular weight is 144 g/mol. The first-order valence-corrected chi connectivity index (χ1v) is 2.99. The molecule has 0 amide bonds. The van der Waals surface area contributed by atoms with Gasteiger partial charge in [-0.3, -0.25) is 9.59 Å². The molecule has 0 aromatic carbocycles. The van der Waals surface area contributed by atoms with E-state index in [9.17, 15) is 9.59 Å². The zero-order chi connectivity index (χ0) is 7.72. The fourth-order valence-corrected chi connectivity index (χ4v) is 0.748. The number of ketones is 2. The normalized spacial score (nSPS) is 34.6. The van der Waals surface area contributed by atoms with Crippen LogP contribution in [0.15, 0.2) is 0 Å². The molecule has 0 aromatic heterocycles. The van der Waals surface area contributed by atoms with E-state index >= 15 is 0 Å². The molecule has 0 aliphatic carbocycles. The Morgan fingerprint density at radius 3 is 2.70 bits per heavy atom. The lowest BCUT2D eigenvalue weighted by atomic mass is 10.1. The van der Waals surface area contributed by atoms with Crippen molar-refractivity contribution in [3.05, 3.63) is 0 Å². The van der Waals surface area contributed by atoms with E-state index in [-0.39, 0.29) is 6.61 Å². The molecule has 4 nitrogen and oxygen atoms in total. The zero-order valence-electron chi connectivity index (χ0n) is 5.53.